The van der Waals surface area contributed by atoms with Gasteiger partial charge in [-0.2, -0.15) is 0 Å². The minimum absolute atomic E-state index is 0.245. The second-order valence-electron chi connectivity index (χ2n) is 2.78. The normalized spacial score (nSPS) is 12.0. The molecule has 0 aliphatic rings. The lowest BCUT2D eigenvalue weighted by molar-refractivity contribution is 0.153. The number of sulfonamides is 1. The number of nitrogen functional groups attached to an aromatic ring is 1. The van der Waals surface area contributed by atoms with Crippen LogP contribution in [0, 0.1) is 0 Å². The number of rotatable bonds is 4. The van der Waals surface area contributed by atoms with E-state index in [1.54, 1.807) is 4.72 Å². The van der Waals surface area contributed by atoms with E-state index in [1.165, 1.54) is 12.3 Å². The molecule has 16 heavy (non-hydrogen) atoms. The Morgan fingerprint density at radius 1 is 1.56 bits per heavy atom. The van der Waals surface area contributed by atoms with Crippen LogP contribution in [0.1, 0.15) is 0 Å². The average molecular weight is 316 g/mol. The highest BCUT2D eigenvalue weighted by Crippen LogP contribution is 2.20. The summed E-state index contributed by atoms with van der Waals surface area (Å²) in [6.07, 6.45) is -1.46. The van der Waals surface area contributed by atoms with E-state index in [4.69, 9.17) is 5.73 Å². The summed E-state index contributed by atoms with van der Waals surface area (Å²) in [6.45, 7) is -0.964. The predicted molar refractivity (Wildman–Crippen MR) is 57.5 cm³/mol. The van der Waals surface area contributed by atoms with Crippen molar-refractivity contribution in [2.24, 2.45) is 0 Å². The van der Waals surface area contributed by atoms with Crippen molar-refractivity contribution in [3.8, 4) is 0 Å². The van der Waals surface area contributed by atoms with Crippen molar-refractivity contribution in [1.82, 2.24) is 9.71 Å². The molecule has 1 aromatic heterocycles. The minimum Gasteiger partial charge on any atom is -0.383 e. The van der Waals surface area contributed by atoms with E-state index in [9.17, 15) is 17.2 Å². The highest BCUT2D eigenvalue weighted by molar-refractivity contribution is 9.10. The third kappa shape index (κ3) is 3.35. The molecule has 0 amide bonds. The number of pyridine rings is 1. The molecule has 90 valence electrons. The number of hydrogen-bond donors (Lipinski definition) is 2. The smallest absolute Gasteiger partial charge is 0.251 e. The van der Waals surface area contributed by atoms with Gasteiger partial charge in [-0.25, -0.2) is 26.9 Å². The maximum absolute atomic E-state index is 11.9. The molecule has 0 radical (unpaired) electrons. The van der Waals surface area contributed by atoms with Gasteiger partial charge in [0.25, 0.3) is 6.43 Å². The summed E-state index contributed by atoms with van der Waals surface area (Å²) < 4.78 is 48.9. The van der Waals surface area contributed by atoms with Crippen LogP contribution in [-0.4, -0.2) is 26.4 Å². The van der Waals surface area contributed by atoms with Gasteiger partial charge in [0, 0.05) is 10.7 Å². The first-order valence-corrected chi connectivity index (χ1v) is 6.29. The monoisotopic (exact) mass is 315 g/mol. The zero-order valence-corrected chi connectivity index (χ0v) is 10.2. The summed E-state index contributed by atoms with van der Waals surface area (Å²) in [4.78, 5) is 3.27. The molecule has 1 rings (SSSR count). The van der Waals surface area contributed by atoms with Crippen molar-refractivity contribution in [2.75, 3.05) is 12.3 Å². The summed E-state index contributed by atoms with van der Waals surface area (Å²) in [7, 11) is -4.06. The number of nitrogens with zero attached hydrogens (tertiary/aromatic N) is 1. The van der Waals surface area contributed by atoms with Gasteiger partial charge in [0.2, 0.25) is 10.0 Å². The molecule has 0 atom stereocenters. The highest BCUT2D eigenvalue weighted by atomic mass is 79.9. The van der Waals surface area contributed by atoms with Crippen molar-refractivity contribution in [3.05, 3.63) is 16.7 Å². The molecular weight excluding hydrogens is 308 g/mol. The second kappa shape index (κ2) is 5.02. The molecule has 0 aromatic carbocycles. The fraction of sp³-hybridized carbons (Fsp3) is 0.286. The molecule has 0 fully saturated rings. The first-order chi connectivity index (χ1) is 7.33. The van der Waals surface area contributed by atoms with Crippen LogP contribution in [0.5, 0.6) is 0 Å². The molecule has 0 aliphatic heterocycles. The van der Waals surface area contributed by atoms with Crippen LogP contribution in [0.3, 0.4) is 0 Å². The van der Waals surface area contributed by atoms with Crippen molar-refractivity contribution in [2.45, 2.75) is 11.3 Å². The van der Waals surface area contributed by atoms with Crippen LogP contribution in [-0.2, 0) is 10.0 Å². The second-order valence-corrected chi connectivity index (χ2v) is 5.43. The highest BCUT2D eigenvalue weighted by Gasteiger charge is 2.20. The molecule has 9 heteroatoms. The Morgan fingerprint density at radius 2 is 2.19 bits per heavy atom. The molecule has 3 N–H and O–H groups in total. The van der Waals surface area contributed by atoms with Crippen LogP contribution >= 0.6 is 15.9 Å². The van der Waals surface area contributed by atoms with Crippen LogP contribution in [0.4, 0.5) is 14.6 Å². The van der Waals surface area contributed by atoms with Crippen LogP contribution in [0.15, 0.2) is 21.6 Å². The molecule has 0 saturated heterocycles. The Hall–Kier alpha value is -0.800. The third-order valence-electron chi connectivity index (χ3n) is 1.57. The number of nitrogens with one attached hydrogen (secondary N) is 1. The maximum Gasteiger partial charge on any atom is 0.251 e. The lowest BCUT2D eigenvalue weighted by atomic mass is 10.5. The van der Waals surface area contributed by atoms with E-state index < -0.39 is 23.0 Å². The van der Waals surface area contributed by atoms with Crippen LogP contribution in [0.25, 0.3) is 0 Å². The number of nitrogens with two attached hydrogens (primary N) is 1. The predicted octanol–water partition coefficient (Wildman–Crippen LogP) is 0.970. The molecule has 0 bridgehead atoms. The third-order valence-corrected chi connectivity index (χ3v) is 3.45. The Morgan fingerprint density at radius 3 is 2.75 bits per heavy atom. The number of anilines is 1. The van der Waals surface area contributed by atoms with Gasteiger partial charge in [0.05, 0.1) is 6.54 Å². The lowest BCUT2D eigenvalue weighted by Gasteiger charge is -2.08. The van der Waals surface area contributed by atoms with E-state index in [1.807, 2.05) is 0 Å². The van der Waals surface area contributed by atoms with Crippen LogP contribution in [0.2, 0.25) is 0 Å². The lowest BCUT2D eigenvalue weighted by Crippen LogP contribution is -2.29. The molecule has 1 heterocycles. The summed E-state index contributed by atoms with van der Waals surface area (Å²) in [5, 5.41) is 0. The van der Waals surface area contributed by atoms with Gasteiger partial charge in [-0.3, -0.25) is 0 Å². The quantitative estimate of drug-likeness (QED) is 0.867. The molecule has 0 saturated carbocycles. The largest absolute Gasteiger partial charge is 0.383 e. The van der Waals surface area contributed by atoms with Gasteiger partial charge >= 0.3 is 0 Å². The Bertz CT molecular complexity index is 481. The van der Waals surface area contributed by atoms with Gasteiger partial charge in [-0.15, -0.1) is 0 Å². The molecule has 0 spiro atoms. The summed E-state index contributed by atoms with van der Waals surface area (Å²) in [6, 6.07) is 1.19. The molecule has 5 nitrogen and oxygen atoms in total. The van der Waals surface area contributed by atoms with Gasteiger partial charge in [0.1, 0.15) is 10.7 Å². The Kier molecular flexibility index (Phi) is 4.16. The van der Waals surface area contributed by atoms with E-state index in [0.717, 1.165) is 0 Å². The average Bonchev–Trinajstić information content (AvgIpc) is 2.19. The molecule has 0 unspecified atom stereocenters. The number of hydrogen-bond acceptors (Lipinski definition) is 4. The number of alkyl halides is 2. The van der Waals surface area contributed by atoms with Crippen LogP contribution < -0.4 is 10.5 Å². The zero-order valence-electron chi connectivity index (χ0n) is 7.82. The first-order valence-electron chi connectivity index (χ1n) is 4.02. The molecule has 0 aliphatic carbocycles. The number of aromatic nitrogens is 1. The number of halogens is 3. The Balaban J connectivity index is 3.02. The van der Waals surface area contributed by atoms with Crippen molar-refractivity contribution >= 4 is 31.8 Å². The van der Waals surface area contributed by atoms with Gasteiger partial charge in [-0.05, 0) is 22.0 Å². The summed E-state index contributed by atoms with van der Waals surface area (Å²) in [5.41, 5.74) is 5.34. The maximum atomic E-state index is 11.9. The van der Waals surface area contributed by atoms with E-state index in [2.05, 4.69) is 20.9 Å². The van der Waals surface area contributed by atoms with Gasteiger partial charge in [0.15, 0.2) is 0 Å². The van der Waals surface area contributed by atoms with Crippen molar-refractivity contribution in [1.29, 1.82) is 0 Å². The van der Waals surface area contributed by atoms with Gasteiger partial charge < -0.3 is 5.73 Å². The molecular formula is C7H8BrF2N3O2S. The SMILES string of the molecule is Nc1ncc(Br)cc1S(=O)(=O)NCC(F)F. The minimum atomic E-state index is -4.06. The topological polar surface area (TPSA) is 85.1 Å². The van der Waals surface area contributed by atoms with Crippen molar-refractivity contribution < 1.29 is 17.2 Å². The van der Waals surface area contributed by atoms with Gasteiger partial charge in [-0.1, -0.05) is 0 Å². The van der Waals surface area contributed by atoms with E-state index >= 15 is 0 Å². The summed E-state index contributed by atoms with van der Waals surface area (Å²) >= 11 is 3.01. The fourth-order valence-corrected chi connectivity index (χ4v) is 2.49. The Labute approximate surface area is 99.2 Å². The van der Waals surface area contributed by atoms with E-state index in [0.29, 0.717) is 4.47 Å². The zero-order chi connectivity index (χ0) is 12.3. The fourth-order valence-electron chi connectivity index (χ4n) is 0.897. The molecule has 1 aromatic rings. The summed E-state index contributed by atoms with van der Waals surface area (Å²) in [5.74, 6) is -0.245. The first kappa shape index (κ1) is 13.3. The standard InChI is InChI=1S/C7H8BrF2N3O2S/c8-4-1-5(7(11)12-2-4)16(14,15)13-3-6(9)10/h1-2,6,13H,3H2,(H2,11,12). The van der Waals surface area contributed by atoms with Crippen molar-refractivity contribution in [3.63, 3.8) is 0 Å². The van der Waals surface area contributed by atoms with E-state index in [-0.39, 0.29) is 10.7 Å².